The smallest absolute Gasteiger partial charge is 0.0589 e. The van der Waals surface area contributed by atoms with Crippen molar-refractivity contribution in [3.05, 3.63) is 0 Å². The largest absolute Gasteiger partial charge is 0.383 e. The van der Waals surface area contributed by atoms with Crippen molar-refractivity contribution in [2.24, 2.45) is 5.92 Å². The van der Waals surface area contributed by atoms with Gasteiger partial charge in [-0.25, -0.2) is 0 Å². The van der Waals surface area contributed by atoms with Crippen LogP contribution in [0.5, 0.6) is 0 Å². The van der Waals surface area contributed by atoms with Gasteiger partial charge in [0.25, 0.3) is 0 Å². The van der Waals surface area contributed by atoms with Crippen LogP contribution < -0.4 is 5.32 Å². The second-order valence-corrected chi connectivity index (χ2v) is 5.97. The number of nitrogens with zero attached hydrogens (tertiary/aromatic N) is 1. The molecule has 2 aliphatic carbocycles. The van der Waals surface area contributed by atoms with E-state index in [1.807, 2.05) is 7.11 Å². The molecular formula is C15H30N2O. The van der Waals surface area contributed by atoms with Gasteiger partial charge in [0, 0.05) is 32.3 Å². The van der Waals surface area contributed by atoms with E-state index < -0.39 is 0 Å². The van der Waals surface area contributed by atoms with Gasteiger partial charge in [-0.3, -0.25) is 4.90 Å². The van der Waals surface area contributed by atoms with Crippen LogP contribution in [0.3, 0.4) is 0 Å². The maximum absolute atomic E-state index is 5.25. The number of nitrogens with one attached hydrogen (secondary N) is 1. The molecule has 0 spiro atoms. The lowest BCUT2D eigenvalue weighted by Crippen LogP contribution is -2.41. The van der Waals surface area contributed by atoms with E-state index in [0.29, 0.717) is 0 Å². The molecule has 0 aliphatic heterocycles. The maximum atomic E-state index is 5.25. The highest BCUT2D eigenvalue weighted by molar-refractivity contribution is 4.90. The summed E-state index contributed by atoms with van der Waals surface area (Å²) in [7, 11) is 1.81. The fourth-order valence-corrected chi connectivity index (χ4v) is 3.23. The third kappa shape index (κ3) is 4.22. The average Bonchev–Trinajstić information content (AvgIpc) is 3.13. The zero-order valence-electron chi connectivity index (χ0n) is 12.2. The van der Waals surface area contributed by atoms with Gasteiger partial charge < -0.3 is 10.1 Å². The Bertz CT molecular complexity index is 231. The van der Waals surface area contributed by atoms with Crippen molar-refractivity contribution in [1.82, 2.24) is 10.2 Å². The maximum Gasteiger partial charge on any atom is 0.0589 e. The van der Waals surface area contributed by atoms with Crippen LogP contribution in [0.4, 0.5) is 0 Å². The Hall–Kier alpha value is -0.120. The molecule has 2 atom stereocenters. The highest BCUT2D eigenvalue weighted by Crippen LogP contribution is 2.32. The summed E-state index contributed by atoms with van der Waals surface area (Å²) >= 11 is 0. The number of methoxy groups -OCH3 is 1. The summed E-state index contributed by atoms with van der Waals surface area (Å²) < 4.78 is 5.25. The van der Waals surface area contributed by atoms with Gasteiger partial charge in [0.1, 0.15) is 0 Å². The summed E-state index contributed by atoms with van der Waals surface area (Å²) in [5.74, 6) is 0.869. The molecule has 106 valence electrons. The third-order valence-corrected chi connectivity index (χ3v) is 4.43. The molecule has 2 saturated carbocycles. The summed E-state index contributed by atoms with van der Waals surface area (Å²) in [5, 5.41) is 3.74. The minimum Gasteiger partial charge on any atom is -0.383 e. The Morgan fingerprint density at radius 3 is 2.72 bits per heavy atom. The van der Waals surface area contributed by atoms with Crippen molar-refractivity contribution in [2.75, 3.05) is 33.4 Å². The minimum atomic E-state index is 0.772. The number of hydrogen-bond donors (Lipinski definition) is 1. The van der Waals surface area contributed by atoms with Crippen LogP contribution >= 0.6 is 0 Å². The molecule has 2 unspecified atom stereocenters. The van der Waals surface area contributed by atoms with E-state index in [4.69, 9.17) is 4.74 Å². The van der Waals surface area contributed by atoms with Crippen molar-refractivity contribution in [3.63, 3.8) is 0 Å². The summed E-state index contributed by atoms with van der Waals surface area (Å²) in [5.41, 5.74) is 0. The molecule has 2 aliphatic rings. The molecule has 1 N–H and O–H groups in total. The van der Waals surface area contributed by atoms with E-state index in [2.05, 4.69) is 17.1 Å². The van der Waals surface area contributed by atoms with Crippen molar-refractivity contribution in [1.29, 1.82) is 0 Å². The van der Waals surface area contributed by atoms with Crippen molar-refractivity contribution in [2.45, 2.75) is 57.5 Å². The molecule has 0 aromatic heterocycles. The van der Waals surface area contributed by atoms with Crippen LogP contribution in [-0.2, 0) is 4.74 Å². The Morgan fingerprint density at radius 1 is 1.22 bits per heavy atom. The summed E-state index contributed by atoms with van der Waals surface area (Å²) in [6.07, 6.45) is 8.27. The average molecular weight is 254 g/mol. The molecule has 0 saturated heterocycles. The lowest BCUT2D eigenvalue weighted by molar-refractivity contribution is 0.128. The predicted octanol–water partition coefficient (Wildman–Crippen LogP) is 2.27. The van der Waals surface area contributed by atoms with Gasteiger partial charge in [-0.2, -0.15) is 0 Å². The van der Waals surface area contributed by atoms with E-state index in [9.17, 15) is 0 Å². The number of ether oxygens (including phenoxy) is 1. The molecule has 0 aromatic rings. The first-order valence-corrected chi connectivity index (χ1v) is 7.81. The van der Waals surface area contributed by atoms with Gasteiger partial charge >= 0.3 is 0 Å². The van der Waals surface area contributed by atoms with Crippen LogP contribution in [-0.4, -0.2) is 50.3 Å². The van der Waals surface area contributed by atoms with Gasteiger partial charge in [0.15, 0.2) is 0 Å². The van der Waals surface area contributed by atoms with E-state index >= 15 is 0 Å². The standard InChI is InChI=1S/C15H30N2O/c1-3-9-16-15-6-4-5-13(15)12-17(10-11-18-2)14-7-8-14/h13-16H,3-12H2,1-2H3. The second-order valence-electron chi connectivity index (χ2n) is 5.97. The second kappa shape index (κ2) is 7.46. The van der Waals surface area contributed by atoms with Crippen LogP contribution in [0.15, 0.2) is 0 Å². The topological polar surface area (TPSA) is 24.5 Å². The zero-order valence-corrected chi connectivity index (χ0v) is 12.2. The van der Waals surface area contributed by atoms with E-state index in [1.165, 1.54) is 51.6 Å². The lowest BCUT2D eigenvalue weighted by atomic mass is 10.0. The number of hydrogen-bond acceptors (Lipinski definition) is 3. The molecule has 18 heavy (non-hydrogen) atoms. The Morgan fingerprint density at radius 2 is 2.06 bits per heavy atom. The van der Waals surface area contributed by atoms with Gasteiger partial charge in [-0.05, 0) is 44.6 Å². The molecule has 0 aromatic carbocycles. The summed E-state index contributed by atoms with van der Waals surface area (Å²) in [4.78, 5) is 2.68. The SMILES string of the molecule is CCCNC1CCCC1CN(CCOC)C1CC1. The molecule has 0 heterocycles. The van der Waals surface area contributed by atoms with Crippen LogP contribution in [0.2, 0.25) is 0 Å². The Labute approximate surface area is 112 Å². The minimum absolute atomic E-state index is 0.772. The Kier molecular flexibility index (Phi) is 5.93. The van der Waals surface area contributed by atoms with Gasteiger partial charge in [0.05, 0.1) is 6.61 Å². The highest BCUT2D eigenvalue weighted by Gasteiger charge is 2.34. The Balaban J connectivity index is 1.77. The van der Waals surface area contributed by atoms with Crippen LogP contribution in [0, 0.1) is 5.92 Å². The fourth-order valence-electron chi connectivity index (χ4n) is 3.23. The predicted molar refractivity (Wildman–Crippen MR) is 75.9 cm³/mol. The normalized spacial score (nSPS) is 28.2. The first-order chi connectivity index (χ1) is 8.85. The van der Waals surface area contributed by atoms with Crippen LogP contribution in [0.25, 0.3) is 0 Å². The molecule has 2 fully saturated rings. The molecule has 0 bridgehead atoms. The van der Waals surface area contributed by atoms with Gasteiger partial charge in [0.2, 0.25) is 0 Å². The number of rotatable bonds is 9. The van der Waals surface area contributed by atoms with E-state index in [1.54, 1.807) is 0 Å². The molecule has 3 heteroatoms. The van der Waals surface area contributed by atoms with Crippen molar-refractivity contribution in [3.8, 4) is 0 Å². The van der Waals surface area contributed by atoms with Crippen molar-refractivity contribution >= 4 is 0 Å². The molecule has 0 radical (unpaired) electrons. The monoisotopic (exact) mass is 254 g/mol. The van der Waals surface area contributed by atoms with E-state index in [-0.39, 0.29) is 0 Å². The quantitative estimate of drug-likeness (QED) is 0.683. The zero-order chi connectivity index (χ0) is 12.8. The molecule has 3 nitrogen and oxygen atoms in total. The first kappa shape index (κ1) is 14.3. The van der Waals surface area contributed by atoms with Gasteiger partial charge in [-0.15, -0.1) is 0 Å². The molecular weight excluding hydrogens is 224 g/mol. The highest BCUT2D eigenvalue weighted by atomic mass is 16.5. The summed E-state index contributed by atoms with van der Waals surface area (Å²) in [6.45, 7) is 6.73. The van der Waals surface area contributed by atoms with Crippen LogP contribution in [0.1, 0.15) is 45.4 Å². The molecule has 2 rings (SSSR count). The first-order valence-electron chi connectivity index (χ1n) is 7.81. The van der Waals surface area contributed by atoms with Crippen molar-refractivity contribution < 1.29 is 4.74 Å². The lowest BCUT2D eigenvalue weighted by Gasteiger charge is -2.29. The molecule has 0 amide bonds. The van der Waals surface area contributed by atoms with E-state index in [0.717, 1.165) is 31.2 Å². The van der Waals surface area contributed by atoms with Gasteiger partial charge in [-0.1, -0.05) is 13.3 Å². The third-order valence-electron chi connectivity index (χ3n) is 4.43. The summed E-state index contributed by atoms with van der Waals surface area (Å²) in [6, 6.07) is 1.64. The fraction of sp³-hybridized carbons (Fsp3) is 1.00.